The van der Waals surface area contributed by atoms with E-state index in [1.807, 2.05) is 0 Å². The number of nitrogens with one attached hydrogen (secondary N) is 1. The fraction of sp³-hybridized carbons (Fsp3) is 0.222. The predicted molar refractivity (Wildman–Crippen MR) is 97.1 cm³/mol. The summed E-state index contributed by atoms with van der Waals surface area (Å²) in [5.74, 6) is -3.02. The van der Waals surface area contributed by atoms with Crippen LogP contribution < -0.4 is 5.32 Å². The average molecular weight is 426 g/mol. The lowest BCUT2D eigenvalue weighted by Crippen LogP contribution is -2.27. The maximum atomic E-state index is 14.9. The highest BCUT2D eigenvalue weighted by Crippen LogP contribution is 2.35. The minimum Gasteiger partial charge on any atom is -0.354 e. The second-order valence-electron chi connectivity index (χ2n) is 6.86. The van der Waals surface area contributed by atoms with Crippen LogP contribution in [-0.2, 0) is 0 Å². The number of halogens is 4. The van der Waals surface area contributed by atoms with Crippen molar-refractivity contribution >= 4 is 44.1 Å². The standard InChI is InChI=1S/C18H15BrF3N3O/c1-18(2,3)17(26)25-16-9(8-23-25)6-13(14(19)15(16)22)24-10-4-5-11(20)12(21)7-10/h4-8,24H,1-3H3. The highest BCUT2D eigenvalue weighted by atomic mass is 79.9. The molecule has 1 heterocycles. The first kappa shape index (κ1) is 18.4. The van der Waals surface area contributed by atoms with Gasteiger partial charge in [0.25, 0.3) is 5.91 Å². The third kappa shape index (κ3) is 3.21. The molecule has 0 amide bonds. The Kier molecular flexibility index (Phi) is 4.56. The molecule has 0 spiro atoms. The van der Waals surface area contributed by atoms with Crippen LogP contribution in [0.3, 0.4) is 0 Å². The molecule has 1 aromatic heterocycles. The fourth-order valence-electron chi connectivity index (χ4n) is 2.42. The molecule has 26 heavy (non-hydrogen) atoms. The van der Waals surface area contributed by atoms with Gasteiger partial charge in [-0.1, -0.05) is 20.8 Å². The van der Waals surface area contributed by atoms with Gasteiger partial charge in [-0.25, -0.2) is 13.2 Å². The summed E-state index contributed by atoms with van der Waals surface area (Å²) in [6.45, 7) is 5.15. The summed E-state index contributed by atoms with van der Waals surface area (Å²) in [6.07, 6.45) is 1.38. The zero-order chi connectivity index (χ0) is 19.2. The Bertz CT molecular complexity index is 1020. The number of fused-ring (bicyclic) bond motifs is 1. The van der Waals surface area contributed by atoms with Crippen LogP contribution in [0.2, 0.25) is 0 Å². The normalized spacial score (nSPS) is 11.8. The average Bonchev–Trinajstić information content (AvgIpc) is 2.97. The van der Waals surface area contributed by atoms with E-state index in [0.717, 1.165) is 16.8 Å². The van der Waals surface area contributed by atoms with Crippen LogP contribution >= 0.6 is 15.9 Å². The van der Waals surface area contributed by atoms with Crippen molar-refractivity contribution in [2.24, 2.45) is 5.41 Å². The van der Waals surface area contributed by atoms with Gasteiger partial charge in [0.1, 0.15) is 5.52 Å². The zero-order valence-electron chi connectivity index (χ0n) is 14.2. The summed E-state index contributed by atoms with van der Waals surface area (Å²) in [5.41, 5.74) is -0.140. The van der Waals surface area contributed by atoms with Gasteiger partial charge >= 0.3 is 0 Å². The minimum atomic E-state index is -1.02. The maximum absolute atomic E-state index is 14.9. The van der Waals surface area contributed by atoms with Crippen molar-refractivity contribution in [3.05, 3.63) is 52.4 Å². The van der Waals surface area contributed by atoms with Gasteiger partial charge in [-0.15, -0.1) is 0 Å². The van der Waals surface area contributed by atoms with Gasteiger partial charge in [0.05, 0.1) is 16.4 Å². The third-order valence-corrected chi connectivity index (χ3v) is 4.54. The van der Waals surface area contributed by atoms with Crippen LogP contribution in [-0.4, -0.2) is 15.7 Å². The van der Waals surface area contributed by atoms with Crippen LogP contribution in [0.1, 0.15) is 25.6 Å². The molecule has 1 N–H and O–H groups in total. The van der Waals surface area contributed by atoms with E-state index in [9.17, 15) is 18.0 Å². The molecule has 0 fully saturated rings. The number of rotatable bonds is 2. The Balaban J connectivity index is 2.08. The van der Waals surface area contributed by atoms with E-state index in [0.29, 0.717) is 11.1 Å². The highest BCUT2D eigenvalue weighted by Gasteiger charge is 2.27. The fourth-order valence-corrected chi connectivity index (χ4v) is 2.82. The molecule has 0 aliphatic heterocycles. The first-order chi connectivity index (χ1) is 12.1. The molecule has 136 valence electrons. The molecular formula is C18H15BrF3N3O. The lowest BCUT2D eigenvalue weighted by atomic mass is 9.96. The number of hydrogen-bond acceptors (Lipinski definition) is 3. The summed E-state index contributed by atoms with van der Waals surface area (Å²) < 4.78 is 42.4. The number of benzene rings is 2. The monoisotopic (exact) mass is 425 g/mol. The Morgan fingerprint density at radius 2 is 1.85 bits per heavy atom. The van der Waals surface area contributed by atoms with Crippen LogP contribution in [0.25, 0.3) is 10.9 Å². The highest BCUT2D eigenvalue weighted by molar-refractivity contribution is 9.10. The maximum Gasteiger partial charge on any atom is 0.252 e. The third-order valence-electron chi connectivity index (χ3n) is 3.77. The summed E-state index contributed by atoms with van der Waals surface area (Å²) in [6, 6.07) is 4.85. The Labute approximate surface area is 156 Å². The van der Waals surface area contributed by atoms with Crippen LogP contribution in [0.15, 0.2) is 34.9 Å². The van der Waals surface area contributed by atoms with E-state index < -0.39 is 22.9 Å². The minimum absolute atomic E-state index is 0.0487. The molecule has 0 radical (unpaired) electrons. The van der Waals surface area contributed by atoms with E-state index in [-0.39, 0.29) is 21.6 Å². The first-order valence-corrected chi connectivity index (χ1v) is 8.51. The Morgan fingerprint density at radius 3 is 2.46 bits per heavy atom. The van der Waals surface area contributed by atoms with Crippen molar-refractivity contribution < 1.29 is 18.0 Å². The van der Waals surface area contributed by atoms with Crippen molar-refractivity contribution in [1.29, 1.82) is 0 Å². The Hall–Kier alpha value is -2.35. The van der Waals surface area contributed by atoms with E-state index in [2.05, 4.69) is 26.3 Å². The second-order valence-corrected chi connectivity index (χ2v) is 7.65. The largest absolute Gasteiger partial charge is 0.354 e. The van der Waals surface area contributed by atoms with Gasteiger partial charge in [0.15, 0.2) is 17.5 Å². The van der Waals surface area contributed by atoms with Crippen molar-refractivity contribution in [1.82, 2.24) is 9.78 Å². The molecule has 3 aromatic rings. The molecule has 0 aliphatic rings. The quantitative estimate of drug-likeness (QED) is 0.577. The molecule has 2 aromatic carbocycles. The van der Waals surface area contributed by atoms with Crippen molar-refractivity contribution in [3.8, 4) is 0 Å². The van der Waals surface area contributed by atoms with E-state index in [1.54, 1.807) is 26.8 Å². The molecule has 8 heteroatoms. The molecule has 0 saturated heterocycles. The number of carbonyl (C=O) groups excluding carboxylic acids is 1. The number of carbonyl (C=O) groups is 1. The molecule has 0 atom stereocenters. The lowest BCUT2D eigenvalue weighted by molar-refractivity contribution is 0.0754. The van der Waals surface area contributed by atoms with Gasteiger partial charge in [-0.2, -0.15) is 9.78 Å². The van der Waals surface area contributed by atoms with Gasteiger partial charge in [-0.3, -0.25) is 4.79 Å². The van der Waals surface area contributed by atoms with Crippen LogP contribution in [0.5, 0.6) is 0 Å². The Morgan fingerprint density at radius 1 is 1.15 bits per heavy atom. The molecule has 0 aliphatic carbocycles. The van der Waals surface area contributed by atoms with Gasteiger partial charge in [0.2, 0.25) is 0 Å². The smallest absolute Gasteiger partial charge is 0.252 e. The second kappa shape index (κ2) is 6.42. The van der Waals surface area contributed by atoms with Gasteiger partial charge in [-0.05, 0) is 34.1 Å². The summed E-state index contributed by atoms with van der Waals surface area (Å²) >= 11 is 3.15. The van der Waals surface area contributed by atoms with Crippen molar-refractivity contribution in [3.63, 3.8) is 0 Å². The van der Waals surface area contributed by atoms with Gasteiger partial charge < -0.3 is 5.32 Å². The zero-order valence-corrected chi connectivity index (χ0v) is 15.8. The SMILES string of the molecule is CC(C)(C)C(=O)n1ncc2cc(Nc3ccc(F)c(F)c3)c(Br)c(F)c21. The molecule has 0 bridgehead atoms. The summed E-state index contributed by atoms with van der Waals surface area (Å²) in [5, 5.41) is 7.23. The number of anilines is 2. The molecular weight excluding hydrogens is 411 g/mol. The summed E-state index contributed by atoms with van der Waals surface area (Å²) in [7, 11) is 0. The summed E-state index contributed by atoms with van der Waals surface area (Å²) in [4.78, 5) is 12.5. The van der Waals surface area contributed by atoms with Crippen LogP contribution in [0, 0.1) is 22.9 Å². The van der Waals surface area contributed by atoms with Crippen LogP contribution in [0.4, 0.5) is 24.5 Å². The number of nitrogens with zero attached hydrogens (tertiary/aromatic N) is 2. The number of aromatic nitrogens is 2. The molecule has 4 nitrogen and oxygen atoms in total. The molecule has 3 rings (SSSR count). The van der Waals surface area contributed by atoms with E-state index in [1.165, 1.54) is 12.3 Å². The van der Waals surface area contributed by atoms with Crippen molar-refractivity contribution in [2.75, 3.05) is 5.32 Å². The molecule has 0 saturated carbocycles. The van der Waals surface area contributed by atoms with E-state index in [4.69, 9.17) is 0 Å². The lowest BCUT2D eigenvalue weighted by Gasteiger charge is -2.17. The van der Waals surface area contributed by atoms with Gasteiger partial charge in [0, 0.05) is 22.6 Å². The van der Waals surface area contributed by atoms with Crippen molar-refractivity contribution in [2.45, 2.75) is 20.8 Å². The first-order valence-electron chi connectivity index (χ1n) is 7.72. The van der Waals surface area contributed by atoms with E-state index >= 15 is 0 Å². The topological polar surface area (TPSA) is 46.9 Å². The molecule has 0 unspecified atom stereocenters. The predicted octanol–water partition coefficient (Wildman–Crippen LogP) is 5.65. The number of hydrogen-bond donors (Lipinski definition) is 1.